The van der Waals surface area contributed by atoms with Gasteiger partial charge in [-0.1, -0.05) is 13.0 Å². The van der Waals surface area contributed by atoms with Crippen LogP contribution in [0.4, 0.5) is 24.7 Å². The summed E-state index contributed by atoms with van der Waals surface area (Å²) >= 11 is 1.79. The van der Waals surface area contributed by atoms with E-state index in [1.165, 1.54) is 34.4 Å². The first kappa shape index (κ1) is 19.6. The Bertz CT molecular complexity index is 1070. The molecule has 2 aromatic heterocycles. The molecular formula is C22H23F3N4S. The number of halogens is 3. The standard InChI is InChI=1S/C22H23F3N4S/c1-14-5-6-17-18(11-14)30-21-19(17)20(26-13-27-21)29-9-7-28(8-10-29)16-4-2-3-15(12-16)22(23,24)25/h2-4,12-14H,5-11H2,1H3/t14-/m0/s1. The highest BCUT2D eigenvalue weighted by Crippen LogP contribution is 2.41. The number of piperazine rings is 1. The van der Waals surface area contributed by atoms with Crippen molar-refractivity contribution in [3.63, 3.8) is 0 Å². The lowest BCUT2D eigenvalue weighted by Gasteiger charge is -2.37. The molecule has 3 aromatic rings. The lowest BCUT2D eigenvalue weighted by Crippen LogP contribution is -2.47. The van der Waals surface area contributed by atoms with Crippen LogP contribution in [0.15, 0.2) is 30.6 Å². The van der Waals surface area contributed by atoms with Gasteiger partial charge in [0.1, 0.15) is 17.0 Å². The predicted molar refractivity (Wildman–Crippen MR) is 114 cm³/mol. The first-order valence-corrected chi connectivity index (χ1v) is 11.1. The molecule has 3 heterocycles. The fourth-order valence-electron chi connectivity index (χ4n) is 4.55. The number of benzene rings is 1. The monoisotopic (exact) mass is 432 g/mol. The maximum atomic E-state index is 13.1. The lowest BCUT2D eigenvalue weighted by atomic mass is 9.89. The van der Waals surface area contributed by atoms with Crippen LogP contribution in [-0.4, -0.2) is 36.1 Å². The van der Waals surface area contributed by atoms with Crippen LogP contribution in [0.2, 0.25) is 0 Å². The molecule has 1 saturated heterocycles. The Labute approximate surface area is 177 Å². The van der Waals surface area contributed by atoms with Gasteiger partial charge in [0.15, 0.2) is 0 Å². The topological polar surface area (TPSA) is 32.3 Å². The van der Waals surface area contributed by atoms with E-state index in [2.05, 4.69) is 21.8 Å². The largest absolute Gasteiger partial charge is 0.416 e. The van der Waals surface area contributed by atoms with Gasteiger partial charge in [-0.15, -0.1) is 11.3 Å². The zero-order chi connectivity index (χ0) is 20.9. The maximum Gasteiger partial charge on any atom is 0.416 e. The van der Waals surface area contributed by atoms with Crippen LogP contribution in [0.5, 0.6) is 0 Å². The lowest BCUT2D eigenvalue weighted by molar-refractivity contribution is -0.137. The predicted octanol–water partition coefficient (Wildman–Crippen LogP) is 5.16. The van der Waals surface area contributed by atoms with E-state index in [0.717, 1.165) is 42.6 Å². The molecule has 0 radical (unpaired) electrons. The average Bonchev–Trinajstić information content (AvgIpc) is 3.11. The van der Waals surface area contributed by atoms with Crippen molar-refractivity contribution in [2.45, 2.75) is 32.4 Å². The van der Waals surface area contributed by atoms with Gasteiger partial charge < -0.3 is 9.80 Å². The number of thiophene rings is 1. The zero-order valence-corrected chi connectivity index (χ0v) is 17.6. The third-order valence-electron chi connectivity index (χ3n) is 6.19. The minimum absolute atomic E-state index is 0.598. The molecule has 0 amide bonds. The van der Waals surface area contributed by atoms with Crippen molar-refractivity contribution in [2.75, 3.05) is 36.0 Å². The molecule has 5 rings (SSSR count). The van der Waals surface area contributed by atoms with Crippen molar-refractivity contribution in [3.05, 3.63) is 46.6 Å². The van der Waals surface area contributed by atoms with Gasteiger partial charge in [-0.2, -0.15) is 13.2 Å². The maximum absolute atomic E-state index is 13.1. The summed E-state index contributed by atoms with van der Waals surface area (Å²) in [6.07, 6.45) is 0.693. The van der Waals surface area contributed by atoms with Gasteiger partial charge in [0.05, 0.1) is 10.9 Å². The molecule has 8 heteroatoms. The third-order valence-corrected chi connectivity index (χ3v) is 7.35. The van der Waals surface area contributed by atoms with Crippen molar-refractivity contribution in [2.24, 2.45) is 5.92 Å². The Hall–Kier alpha value is -2.35. The molecule has 1 atom stereocenters. The highest BCUT2D eigenvalue weighted by atomic mass is 32.1. The SMILES string of the molecule is C[C@H]1CCc2c(sc3ncnc(N4CCN(c5cccc(C(F)(F)F)c5)CC4)c23)C1. The number of hydrogen-bond acceptors (Lipinski definition) is 5. The number of rotatable bonds is 2. The van der Waals surface area contributed by atoms with Crippen LogP contribution in [0.3, 0.4) is 0 Å². The fourth-order valence-corrected chi connectivity index (χ4v) is 5.90. The van der Waals surface area contributed by atoms with Crippen LogP contribution >= 0.6 is 11.3 Å². The van der Waals surface area contributed by atoms with E-state index in [9.17, 15) is 13.2 Å². The number of anilines is 2. The summed E-state index contributed by atoms with van der Waals surface area (Å²) in [6.45, 7) is 5.08. The number of hydrogen-bond donors (Lipinski definition) is 0. The summed E-state index contributed by atoms with van der Waals surface area (Å²) in [6, 6.07) is 5.61. The van der Waals surface area contributed by atoms with Gasteiger partial charge in [-0.25, -0.2) is 9.97 Å². The summed E-state index contributed by atoms with van der Waals surface area (Å²) in [7, 11) is 0. The van der Waals surface area contributed by atoms with Crippen LogP contribution < -0.4 is 9.80 Å². The molecular weight excluding hydrogens is 409 g/mol. The summed E-state index contributed by atoms with van der Waals surface area (Å²) < 4.78 is 39.2. The van der Waals surface area contributed by atoms with Crippen LogP contribution in [0, 0.1) is 5.92 Å². The summed E-state index contributed by atoms with van der Waals surface area (Å²) in [5.41, 5.74) is 1.43. The van der Waals surface area contributed by atoms with Crippen LogP contribution in [0.25, 0.3) is 10.2 Å². The second-order valence-electron chi connectivity index (χ2n) is 8.25. The quantitative estimate of drug-likeness (QED) is 0.560. The van der Waals surface area contributed by atoms with E-state index < -0.39 is 11.7 Å². The Kier molecular flexibility index (Phi) is 4.84. The number of nitrogens with zero attached hydrogens (tertiary/aromatic N) is 4. The Morgan fingerprint density at radius 3 is 2.60 bits per heavy atom. The molecule has 1 fully saturated rings. The second-order valence-corrected chi connectivity index (χ2v) is 9.33. The molecule has 1 aliphatic heterocycles. The van der Waals surface area contributed by atoms with Crippen LogP contribution in [-0.2, 0) is 19.0 Å². The van der Waals surface area contributed by atoms with E-state index >= 15 is 0 Å². The summed E-state index contributed by atoms with van der Waals surface area (Å²) in [5, 5.41) is 1.19. The molecule has 4 nitrogen and oxygen atoms in total. The molecule has 30 heavy (non-hydrogen) atoms. The highest BCUT2D eigenvalue weighted by molar-refractivity contribution is 7.19. The molecule has 1 aromatic carbocycles. The van der Waals surface area contributed by atoms with Crippen molar-refractivity contribution in [1.29, 1.82) is 0 Å². The molecule has 0 spiro atoms. The number of alkyl halides is 3. The third kappa shape index (κ3) is 3.51. The molecule has 0 bridgehead atoms. The number of fused-ring (bicyclic) bond motifs is 3. The van der Waals surface area contributed by atoms with Gasteiger partial charge in [-0.05, 0) is 48.9 Å². The van der Waals surface area contributed by atoms with E-state index in [4.69, 9.17) is 0 Å². The van der Waals surface area contributed by atoms with E-state index in [1.807, 2.05) is 4.90 Å². The van der Waals surface area contributed by atoms with Gasteiger partial charge in [0, 0.05) is 36.7 Å². The van der Waals surface area contributed by atoms with Crippen molar-refractivity contribution in [3.8, 4) is 0 Å². The molecule has 0 N–H and O–H groups in total. The highest BCUT2D eigenvalue weighted by Gasteiger charge is 2.31. The molecule has 0 saturated carbocycles. The number of aryl methyl sites for hydroxylation is 1. The number of aromatic nitrogens is 2. The second kappa shape index (κ2) is 7.41. The normalized spacial score (nSPS) is 19.9. The molecule has 0 unspecified atom stereocenters. The van der Waals surface area contributed by atoms with Gasteiger partial charge in [-0.3, -0.25) is 0 Å². The smallest absolute Gasteiger partial charge is 0.368 e. The fraction of sp³-hybridized carbons (Fsp3) is 0.455. The van der Waals surface area contributed by atoms with Gasteiger partial charge in [0.25, 0.3) is 0 Å². The van der Waals surface area contributed by atoms with Crippen LogP contribution in [0.1, 0.15) is 29.3 Å². The van der Waals surface area contributed by atoms with Crippen molar-refractivity contribution >= 4 is 33.1 Å². The average molecular weight is 433 g/mol. The van der Waals surface area contributed by atoms with Gasteiger partial charge >= 0.3 is 6.18 Å². The van der Waals surface area contributed by atoms with Crippen molar-refractivity contribution < 1.29 is 13.2 Å². The summed E-state index contributed by atoms with van der Waals surface area (Å²) in [5.74, 6) is 1.69. The first-order chi connectivity index (χ1) is 14.4. The Balaban J connectivity index is 1.38. The first-order valence-electron chi connectivity index (χ1n) is 10.3. The van der Waals surface area contributed by atoms with Crippen molar-refractivity contribution in [1.82, 2.24) is 9.97 Å². The minimum atomic E-state index is -4.32. The molecule has 1 aliphatic carbocycles. The molecule has 2 aliphatic rings. The van der Waals surface area contributed by atoms with Gasteiger partial charge in [0.2, 0.25) is 0 Å². The Morgan fingerprint density at radius 2 is 1.83 bits per heavy atom. The van der Waals surface area contributed by atoms with E-state index in [1.54, 1.807) is 23.7 Å². The van der Waals surface area contributed by atoms with E-state index in [0.29, 0.717) is 24.7 Å². The summed E-state index contributed by atoms with van der Waals surface area (Å²) in [4.78, 5) is 15.9. The van der Waals surface area contributed by atoms with E-state index in [-0.39, 0.29) is 0 Å². The Morgan fingerprint density at radius 1 is 1.07 bits per heavy atom. The zero-order valence-electron chi connectivity index (χ0n) is 16.7. The molecule has 158 valence electrons. The minimum Gasteiger partial charge on any atom is -0.368 e.